The first kappa shape index (κ1) is 17.6. The standard InChI is InChI=1S/C23H27N3O2/c27-23(26-13-10-17-6-1-2-8-21(17)26)24-19-14-20-18(15-25-11-3-4-12-25)7-5-9-22(20)28-16-19/h1-2,5-9,19H,3-4,10-16H2,(H,24,27)/t19-/m0/s1. The van der Waals surface area contributed by atoms with Crippen molar-refractivity contribution >= 4 is 11.7 Å². The maximum atomic E-state index is 12.9. The summed E-state index contributed by atoms with van der Waals surface area (Å²) in [6, 6.07) is 14.5. The van der Waals surface area contributed by atoms with E-state index < -0.39 is 0 Å². The van der Waals surface area contributed by atoms with Crippen LogP contribution in [-0.4, -0.2) is 43.2 Å². The van der Waals surface area contributed by atoms with Gasteiger partial charge in [0.1, 0.15) is 12.4 Å². The second-order valence-corrected chi connectivity index (χ2v) is 8.07. The summed E-state index contributed by atoms with van der Waals surface area (Å²) in [6.07, 6.45) is 4.34. The number of ether oxygens (including phenoxy) is 1. The number of likely N-dealkylation sites (tertiary alicyclic amines) is 1. The van der Waals surface area contributed by atoms with E-state index in [0.29, 0.717) is 6.61 Å². The van der Waals surface area contributed by atoms with Crippen molar-refractivity contribution in [2.75, 3.05) is 31.1 Å². The molecular formula is C23H27N3O2. The van der Waals surface area contributed by atoms with Crippen LogP contribution in [0, 0.1) is 0 Å². The molecule has 3 aliphatic heterocycles. The summed E-state index contributed by atoms with van der Waals surface area (Å²) >= 11 is 0. The van der Waals surface area contributed by atoms with Crippen molar-refractivity contribution in [1.82, 2.24) is 10.2 Å². The van der Waals surface area contributed by atoms with Gasteiger partial charge in [0, 0.05) is 24.3 Å². The van der Waals surface area contributed by atoms with Gasteiger partial charge < -0.3 is 10.1 Å². The Kier molecular flexibility index (Phi) is 4.69. The number of carbonyl (C=O) groups excluding carboxylic acids is 1. The maximum Gasteiger partial charge on any atom is 0.322 e. The van der Waals surface area contributed by atoms with E-state index in [1.165, 1.54) is 42.6 Å². The van der Waals surface area contributed by atoms with E-state index in [1.54, 1.807) is 0 Å². The molecule has 1 N–H and O–H groups in total. The summed E-state index contributed by atoms with van der Waals surface area (Å²) in [7, 11) is 0. The lowest BCUT2D eigenvalue weighted by atomic mass is 9.97. The Morgan fingerprint density at radius 3 is 2.82 bits per heavy atom. The first-order valence-corrected chi connectivity index (χ1v) is 10.4. The Morgan fingerprint density at radius 1 is 1.07 bits per heavy atom. The molecule has 3 heterocycles. The summed E-state index contributed by atoms with van der Waals surface area (Å²) in [4.78, 5) is 17.3. The van der Waals surface area contributed by atoms with Crippen LogP contribution in [-0.2, 0) is 19.4 Å². The van der Waals surface area contributed by atoms with E-state index in [0.717, 1.165) is 37.4 Å². The van der Waals surface area contributed by atoms with Crippen molar-refractivity contribution in [1.29, 1.82) is 0 Å². The molecule has 1 atom stereocenters. The Hall–Kier alpha value is -2.53. The summed E-state index contributed by atoms with van der Waals surface area (Å²) in [5.74, 6) is 0.980. The SMILES string of the molecule is O=C(N[C@@H]1COc2cccc(CN3CCCC3)c2C1)N1CCc2ccccc21. The van der Waals surface area contributed by atoms with Crippen molar-refractivity contribution in [2.45, 2.75) is 38.3 Å². The monoisotopic (exact) mass is 377 g/mol. The van der Waals surface area contributed by atoms with Crippen molar-refractivity contribution in [3.63, 3.8) is 0 Å². The number of carbonyl (C=O) groups is 1. The lowest BCUT2D eigenvalue weighted by Crippen LogP contribution is -2.48. The number of hydrogen-bond acceptors (Lipinski definition) is 3. The van der Waals surface area contributed by atoms with Crippen molar-refractivity contribution < 1.29 is 9.53 Å². The summed E-state index contributed by atoms with van der Waals surface area (Å²) < 4.78 is 6.02. The van der Waals surface area contributed by atoms with Gasteiger partial charge in [0.25, 0.3) is 0 Å². The lowest BCUT2D eigenvalue weighted by Gasteiger charge is -2.30. The molecule has 146 valence electrons. The van der Waals surface area contributed by atoms with Crippen LogP contribution in [0.1, 0.15) is 29.5 Å². The molecule has 0 bridgehead atoms. The topological polar surface area (TPSA) is 44.8 Å². The number of nitrogens with zero attached hydrogens (tertiary/aromatic N) is 2. The van der Waals surface area contributed by atoms with Crippen molar-refractivity contribution in [3.05, 3.63) is 59.2 Å². The maximum absolute atomic E-state index is 12.9. The van der Waals surface area contributed by atoms with Gasteiger partial charge in [-0.25, -0.2) is 4.79 Å². The number of rotatable bonds is 3. The second-order valence-electron chi connectivity index (χ2n) is 8.07. The molecule has 0 aromatic heterocycles. The minimum Gasteiger partial charge on any atom is -0.491 e. The Morgan fingerprint density at radius 2 is 1.93 bits per heavy atom. The van der Waals surface area contributed by atoms with Crippen LogP contribution in [0.15, 0.2) is 42.5 Å². The van der Waals surface area contributed by atoms with Crippen LogP contribution in [0.4, 0.5) is 10.5 Å². The number of para-hydroxylation sites is 1. The molecule has 2 amide bonds. The summed E-state index contributed by atoms with van der Waals surface area (Å²) in [6.45, 7) is 4.61. The highest BCUT2D eigenvalue weighted by molar-refractivity contribution is 5.94. The molecule has 1 saturated heterocycles. The van der Waals surface area contributed by atoms with Gasteiger partial charge >= 0.3 is 6.03 Å². The molecule has 2 aromatic carbocycles. The number of hydrogen-bond donors (Lipinski definition) is 1. The van der Waals surface area contributed by atoms with Gasteiger partial charge in [0.15, 0.2) is 0 Å². The zero-order valence-corrected chi connectivity index (χ0v) is 16.2. The first-order chi connectivity index (χ1) is 13.8. The molecule has 1 fully saturated rings. The van der Waals surface area contributed by atoms with Gasteiger partial charge in [-0.3, -0.25) is 9.80 Å². The molecule has 0 spiro atoms. The van der Waals surface area contributed by atoms with Crippen LogP contribution < -0.4 is 15.0 Å². The fourth-order valence-electron chi connectivity index (χ4n) is 4.70. The predicted octanol–water partition coefficient (Wildman–Crippen LogP) is 3.36. The summed E-state index contributed by atoms with van der Waals surface area (Å²) in [5, 5.41) is 3.21. The molecule has 0 radical (unpaired) electrons. The van der Waals surface area contributed by atoms with E-state index >= 15 is 0 Å². The Labute approximate surface area is 166 Å². The molecule has 28 heavy (non-hydrogen) atoms. The third-order valence-electron chi connectivity index (χ3n) is 6.17. The number of benzene rings is 2. The minimum atomic E-state index is -0.0148. The van der Waals surface area contributed by atoms with Gasteiger partial charge in [-0.15, -0.1) is 0 Å². The highest BCUT2D eigenvalue weighted by Crippen LogP contribution is 2.31. The molecule has 2 aromatic rings. The number of fused-ring (bicyclic) bond motifs is 2. The quantitative estimate of drug-likeness (QED) is 0.892. The zero-order chi connectivity index (χ0) is 18.9. The van der Waals surface area contributed by atoms with Crippen LogP contribution >= 0.6 is 0 Å². The molecular weight excluding hydrogens is 350 g/mol. The average Bonchev–Trinajstić information content (AvgIpc) is 3.38. The van der Waals surface area contributed by atoms with E-state index in [4.69, 9.17) is 4.74 Å². The molecule has 5 nitrogen and oxygen atoms in total. The molecule has 0 aliphatic carbocycles. The van der Waals surface area contributed by atoms with Crippen LogP contribution in [0.5, 0.6) is 5.75 Å². The third-order valence-corrected chi connectivity index (χ3v) is 6.17. The Bertz CT molecular complexity index is 876. The second kappa shape index (κ2) is 7.47. The van der Waals surface area contributed by atoms with E-state index in [9.17, 15) is 4.79 Å². The molecule has 5 heteroatoms. The number of urea groups is 1. The van der Waals surface area contributed by atoms with E-state index in [1.807, 2.05) is 23.1 Å². The van der Waals surface area contributed by atoms with Gasteiger partial charge in [-0.05, 0) is 62.0 Å². The minimum absolute atomic E-state index is 0.00694. The van der Waals surface area contributed by atoms with Gasteiger partial charge in [-0.1, -0.05) is 30.3 Å². The smallest absolute Gasteiger partial charge is 0.322 e. The first-order valence-electron chi connectivity index (χ1n) is 10.4. The molecule has 5 rings (SSSR count). The fraction of sp³-hybridized carbons (Fsp3) is 0.435. The molecule has 3 aliphatic rings. The summed E-state index contributed by atoms with van der Waals surface area (Å²) in [5.41, 5.74) is 4.88. The average molecular weight is 377 g/mol. The largest absolute Gasteiger partial charge is 0.491 e. The normalized spacial score (nSPS) is 21.1. The van der Waals surface area contributed by atoms with Crippen molar-refractivity contribution in [2.24, 2.45) is 0 Å². The van der Waals surface area contributed by atoms with E-state index in [2.05, 4.69) is 34.5 Å². The number of anilines is 1. The number of nitrogens with one attached hydrogen (secondary N) is 1. The van der Waals surface area contributed by atoms with Crippen LogP contribution in [0.3, 0.4) is 0 Å². The lowest BCUT2D eigenvalue weighted by molar-refractivity contribution is 0.217. The molecule has 0 unspecified atom stereocenters. The fourth-order valence-corrected chi connectivity index (χ4v) is 4.70. The van der Waals surface area contributed by atoms with Crippen LogP contribution in [0.25, 0.3) is 0 Å². The zero-order valence-electron chi connectivity index (χ0n) is 16.2. The van der Waals surface area contributed by atoms with Gasteiger partial charge in [0.2, 0.25) is 0 Å². The third kappa shape index (κ3) is 3.35. The highest BCUT2D eigenvalue weighted by Gasteiger charge is 2.29. The predicted molar refractivity (Wildman–Crippen MR) is 110 cm³/mol. The van der Waals surface area contributed by atoms with Crippen molar-refractivity contribution in [3.8, 4) is 5.75 Å². The Balaban J connectivity index is 1.29. The number of amides is 2. The van der Waals surface area contributed by atoms with Gasteiger partial charge in [-0.2, -0.15) is 0 Å². The van der Waals surface area contributed by atoms with Crippen LogP contribution in [0.2, 0.25) is 0 Å². The molecule has 0 saturated carbocycles. The van der Waals surface area contributed by atoms with Gasteiger partial charge in [0.05, 0.1) is 6.04 Å². The highest BCUT2D eigenvalue weighted by atomic mass is 16.5. The van der Waals surface area contributed by atoms with E-state index in [-0.39, 0.29) is 12.1 Å².